The highest BCUT2D eigenvalue weighted by molar-refractivity contribution is 5.94. The summed E-state index contributed by atoms with van der Waals surface area (Å²) >= 11 is 0. The first kappa shape index (κ1) is 14.6. The number of benzene rings is 1. The summed E-state index contributed by atoms with van der Waals surface area (Å²) in [5, 5.41) is 0. The number of hydrogen-bond donors (Lipinski definition) is 0. The van der Waals surface area contributed by atoms with Crippen LogP contribution in [-0.4, -0.2) is 42.0 Å². The van der Waals surface area contributed by atoms with Crippen molar-refractivity contribution in [2.75, 3.05) is 31.1 Å². The van der Waals surface area contributed by atoms with E-state index in [9.17, 15) is 4.79 Å². The molecule has 0 atom stereocenters. The lowest BCUT2D eigenvalue weighted by molar-refractivity contribution is 0.0746. The van der Waals surface area contributed by atoms with Gasteiger partial charge in [-0.1, -0.05) is 18.2 Å². The molecule has 0 N–H and O–H groups in total. The van der Waals surface area contributed by atoms with Crippen LogP contribution in [0.15, 0.2) is 36.4 Å². The van der Waals surface area contributed by atoms with Gasteiger partial charge in [0.15, 0.2) is 0 Å². The zero-order valence-corrected chi connectivity index (χ0v) is 13.0. The number of aromatic nitrogens is 1. The van der Waals surface area contributed by atoms with E-state index in [0.717, 1.165) is 37.6 Å². The third kappa shape index (κ3) is 2.96. The van der Waals surface area contributed by atoms with E-state index >= 15 is 0 Å². The third-order valence-corrected chi connectivity index (χ3v) is 4.04. The second-order valence-electron chi connectivity index (χ2n) is 5.61. The molecule has 3 rings (SSSR count). The number of anilines is 1. The Labute approximate surface area is 131 Å². The normalized spacial score (nSPS) is 15.0. The van der Waals surface area contributed by atoms with Crippen LogP contribution in [0.3, 0.4) is 0 Å². The highest BCUT2D eigenvalue weighted by atomic mass is 16.2. The van der Waals surface area contributed by atoms with Gasteiger partial charge in [-0.3, -0.25) is 9.78 Å². The summed E-state index contributed by atoms with van der Waals surface area (Å²) in [7, 11) is 0. The quantitative estimate of drug-likeness (QED) is 0.853. The zero-order valence-electron chi connectivity index (χ0n) is 13.0. The van der Waals surface area contributed by atoms with Gasteiger partial charge < -0.3 is 9.80 Å². The van der Waals surface area contributed by atoms with Crippen LogP contribution in [0.5, 0.6) is 0 Å². The predicted octanol–water partition coefficient (Wildman–Crippen LogP) is 2.46. The number of piperazine rings is 1. The summed E-state index contributed by atoms with van der Waals surface area (Å²) in [5.41, 5.74) is 3.90. The maximum atomic E-state index is 12.4. The average Bonchev–Trinajstić information content (AvgIpc) is 2.55. The molecule has 1 saturated heterocycles. The van der Waals surface area contributed by atoms with E-state index < -0.39 is 0 Å². The molecule has 0 bridgehead atoms. The summed E-state index contributed by atoms with van der Waals surface area (Å²) in [5.74, 6) is 0.0685. The molecule has 4 heteroatoms. The van der Waals surface area contributed by atoms with E-state index in [1.165, 1.54) is 5.69 Å². The maximum absolute atomic E-state index is 12.4. The number of pyridine rings is 1. The Balaban J connectivity index is 1.66. The minimum atomic E-state index is 0.0685. The van der Waals surface area contributed by atoms with Crippen molar-refractivity contribution in [2.45, 2.75) is 13.8 Å². The number of rotatable bonds is 2. The van der Waals surface area contributed by atoms with Crippen LogP contribution in [0.4, 0.5) is 5.69 Å². The molecular weight excluding hydrogens is 274 g/mol. The van der Waals surface area contributed by atoms with Gasteiger partial charge in [0.25, 0.3) is 5.91 Å². The minimum Gasteiger partial charge on any atom is -0.367 e. The maximum Gasteiger partial charge on any atom is 0.254 e. The predicted molar refractivity (Wildman–Crippen MR) is 87.1 cm³/mol. The van der Waals surface area contributed by atoms with Crippen molar-refractivity contribution in [3.8, 4) is 0 Å². The molecule has 0 unspecified atom stereocenters. The second kappa shape index (κ2) is 6.18. The molecular formula is C18H20N3O. The Kier molecular flexibility index (Phi) is 4.09. The number of nitrogens with zero attached hydrogens (tertiary/aromatic N) is 3. The zero-order chi connectivity index (χ0) is 15.5. The molecule has 0 saturated carbocycles. The summed E-state index contributed by atoms with van der Waals surface area (Å²) in [6, 6.07) is 14.5. The summed E-state index contributed by atoms with van der Waals surface area (Å²) in [6.45, 7) is 7.18. The van der Waals surface area contributed by atoms with Crippen LogP contribution >= 0.6 is 0 Å². The van der Waals surface area contributed by atoms with Crippen molar-refractivity contribution in [2.24, 2.45) is 0 Å². The molecule has 4 nitrogen and oxygen atoms in total. The van der Waals surface area contributed by atoms with Crippen LogP contribution in [0.1, 0.15) is 21.7 Å². The molecule has 1 aliphatic heterocycles. The van der Waals surface area contributed by atoms with E-state index in [2.05, 4.69) is 22.0 Å². The van der Waals surface area contributed by atoms with Gasteiger partial charge in [0.2, 0.25) is 0 Å². The smallest absolute Gasteiger partial charge is 0.254 e. The van der Waals surface area contributed by atoms with Crippen molar-refractivity contribution in [1.82, 2.24) is 9.88 Å². The monoisotopic (exact) mass is 294 g/mol. The number of carbonyl (C=O) groups excluding carboxylic acids is 1. The molecule has 1 aliphatic rings. The number of hydrogen-bond acceptors (Lipinski definition) is 3. The van der Waals surface area contributed by atoms with Crippen LogP contribution in [-0.2, 0) is 0 Å². The Morgan fingerprint density at radius 3 is 2.50 bits per heavy atom. The van der Waals surface area contributed by atoms with E-state index in [4.69, 9.17) is 0 Å². The number of carbonyl (C=O) groups is 1. The van der Waals surface area contributed by atoms with Gasteiger partial charge in [0.1, 0.15) is 0 Å². The van der Waals surface area contributed by atoms with Crippen molar-refractivity contribution >= 4 is 11.6 Å². The summed E-state index contributed by atoms with van der Waals surface area (Å²) < 4.78 is 0. The topological polar surface area (TPSA) is 36.4 Å². The SMILES string of the molecule is Cc1ccc(N2CCN(C(=O)c3[c]cccc3)CC2)c(C)n1. The molecule has 22 heavy (non-hydrogen) atoms. The Morgan fingerprint density at radius 1 is 1.09 bits per heavy atom. The van der Waals surface area contributed by atoms with Crippen molar-refractivity contribution in [1.29, 1.82) is 0 Å². The fraction of sp³-hybridized carbons (Fsp3) is 0.333. The fourth-order valence-electron chi connectivity index (χ4n) is 2.86. The van der Waals surface area contributed by atoms with Crippen LogP contribution in [0.2, 0.25) is 0 Å². The molecule has 1 fully saturated rings. The molecule has 1 aromatic heterocycles. The van der Waals surface area contributed by atoms with Crippen molar-refractivity contribution in [3.63, 3.8) is 0 Å². The summed E-state index contributed by atoms with van der Waals surface area (Å²) in [4.78, 5) is 21.1. The molecule has 1 radical (unpaired) electrons. The molecule has 0 aliphatic carbocycles. The summed E-state index contributed by atoms with van der Waals surface area (Å²) in [6.07, 6.45) is 0. The third-order valence-electron chi connectivity index (χ3n) is 4.04. The van der Waals surface area contributed by atoms with Gasteiger partial charge in [-0.05, 0) is 38.1 Å². The van der Waals surface area contributed by atoms with E-state index in [-0.39, 0.29) is 5.91 Å². The van der Waals surface area contributed by atoms with Crippen molar-refractivity contribution < 1.29 is 4.79 Å². The average molecular weight is 294 g/mol. The van der Waals surface area contributed by atoms with Crippen LogP contribution < -0.4 is 4.90 Å². The standard InChI is InChI=1S/C18H20N3O/c1-14-8-9-17(15(2)19-14)20-10-12-21(13-11-20)18(22)16-6-4-3-5-7-16/h3-6,8-9H,10-13H2,1-2H3. The van der Waals surface area contributed by atoms with Gasteiger partial charge in [-0.15, -0.1) is 0 Å². The number of amides is 1. The first-order valence-electron chi connectivity index (χ1n) is 7.60. The lowest BCUT2D eigenvalue weighted by atomic mass is 10.1. The molecule has 0 spiro atoms. The van der Waals surface area contributed by atoms with Crippen LogP contribution in [0, 0.1) is 19.9 Å². The molecule has 1 aromatic carbocycles. The highest BCUT2D eigenvalue weighted by Gasteiger charge is 2.23. The van der Waals surface area contributed by atoms with Crippen molar-refractivity contribution in [3.05, 3.63) is 59.4 Å². The van der Waals surface area contributed by atoms with Gasteiger partial charge >= 0.3 is 0 Å². The lowest BCUT2D eigenvalue weighted by Crippen LogP contribution is -2.49. The van der Waals surface area contributed by atoms with Crippen LogP contribution in [0.25, 0.3) is 0 Å². The van der Waals surface area contributed by atoms with Gasteiger partial charge in [-0.2, -0.15) is 0 Å². The van der Waals surface area contributed by atoms with E-state index in [1.807, 2.05) is 43.0 Å². The fourth-order valence-corrected chi connectivity index (χ4v) is 2.86. The second-order valence-corrected chi connectivity index (χ2v) is 5.61. The first-order valence-corrected chi connectivity index (χ1v) is 7.60. The lowest BCUT2D eigenvalue weighted by Gasteiger charge is -2.36. The van der Waals surface area contributed by atoms with Gasteiger partial charge in [-0.25, -0.2) is 0 Å². The Bertz CT molecular complexity index is 661. The Hall–Kier alpha value is -2.36. The molecule has 113 valence electrons. The van der Waals surface area contributed by atoms with Gasteiger partial charge in [0, 0.05) is 37.4 Å². The largest absolute Gasteiger partial charge is 0.367 e. The highest BCUT2D eigenvalue weighted by Crippen LogP contribution is 2.20. The first-order chi connectivity index (χ1) is 10.6. The molecule has 2 aromatic rings. The minimum absolute atomic E-state index is 0.0685. The van der Waals surface area contributed by atoms with E-state index in [0.29, 0.717) is 5.56 Å². The van der Waals surface area contributed by atoms with E-state index in [1.54, 1.807) is 6.07 Å². The number of aryl methyl sites for hydroxylation is 2. The molecule has 2 heterocycles. The Morgan fingerprint density at radius 2 is 1.86 bits per heavy atom. The molecule has 1 amide bonds. The van der Waals surface area contributed by atoms with Gasteiger partial charge in [0.05, 0.1) is 11.4 Å².